The lowest BCUT2D eigenvalue weighted by atomic mass is 10.1. The van der Waals surface area contributed by atoms with Crippen LogP contribution in [0.4, 0.5) is 0 Å². The summed E-state index contributed by atoms with van der Waals surface area (Å²) in [6, 6.07) is -0.153. The van der Waals surface area contributed by atoms with Crippen LogP contribution in [0, 0.1) is 13.8 Å². The Balaban J connectivity index is 2.07. The molecule has 0 N–H and O–H groups in total. The molecule has 0 saturated carbocycles. The first-order valence-corrected chi connectivity index (χ1v) is 9.44. The van der Waals surface area contributed by atoms with Gasteiger partial charge in [-0.2, -0.15) is 10.1 Å². The minimum Gasteiger partial charge on any atom is -0.339 e. The zero-order chi connectivity index (χ0) is 20.1. The van der Waals surface area contributed by atoms with Crippen molar-refractivity contribution in [3.05, 3.63) is 28.7 Å². The van der Waals surface area contributed by atoms with Gasteiger partial charge in [0.2, 0.25) is 11.8 Å². The van der Waals surface area contributed by atoms with E-state index in [0.717, 1.165) is 18.5 Å². The van der Waals surface area contributed by atoms with Crippen molar-refractivity contribution in [1.82, 2.24) is 24.8 Å². The Bertz CT molecular complexity index is 808. The van der Waals surface area contributed by atoms with Crippen molar-refractivity contribution >= 4 is 11.7 Å². The van der Waals surface area contributed by atoms with Crippen LogP contribution in [0.2, 0.25) is 0 Å². The summed E-state index contributed by atoms with van der Waals surface area (Å²) in [6.07, 6.45) is 1.95. The van der Waals surface area contributed by atoms with Crippen LogP contribution in [0.1, 0.15) is 80.0 Å². The maximum Gasteiger partial charge on any atom is 0.226 e. The van der Waals surface area contributed by atoms with E-state index in [1.54, 1.807) is 9.58 Å². The molecule has 0 unspecified atom stereocenters. The summed E-state index contributed by atoms with van der Waals surface area (Å²) in [4.78, 5) is 30.6. The number of amides is 1. The topological polar surface area (TPSA) is 94.1 Å². The fourth-order valence-electron chi connectivity index (χ4n) is 3.29. The summed E-state index contributed by atoms with van der Waals surface area (Å²) >= 11 is 0. The number of rotatable bonds is 9. The van der Waals surface area contributed by atoms with E-state index in [0.29, 0.717) is 36.1 Å². The quantitative estimate of drug-likeness (QED) is 0.625. The van der Waals surface area contributed by atoms with Crippen molar-refractivity contribution in [1.29, 1.82) is 0 Å². The Kier molecular flexibility index (Phi) is 6.87. The van der Waals surface area contributed by atoms with E-state index >= 15 is 0 Å². The maximum atomic E-state index is 12.8. The molecule has 27 heavy (non-hydrogen) atoms. The molecule has 0 spiro atoms. The zero-order valence-corrected chi connectivity index (χ0v) is 17.1. The number of aromatic nitrogens is 4. The van der Waals surface area contributed by atoms with Gasteiger partial charge in [-0.25, -0.2) is 0 Å². The van der Waals surface area contributed by atoms with Gasteiger partial charge in [0.25, 0.3) is 0 Å². The highest BCUT2D eigenvalue weighted by Gasteiger charge is 2.23. The summed E-state index contributed by atoms with van der Waals surface area (Å²) in [7, 11) is 0. The van der Waals surface area contributed by atoms with E-state index in [4.69, 9.17) is 4.52 Å². The summed E-state index contributed by atoms with van der Waals surface area (Å²) in [5, 5.41) is 8.42. The van der Waals surface area contributed by atoms with E-state index < -0.39 is 0 Å². The van der Waals surface area contributed by atoms with E-state index in [1.165, 1.54) is 6.92 Å². The van der Waals surface area contributed by atoms with Gasteiger partial charge in [0.1, 0.15) is 0 Å². The Morgan fingerprint density at radius 3 is 2.52 bits per heavy atom. The molecular weight excluding hydrogens is 346 g/mol. The number of hydrogen-bond acceptors (Lipinski definition) is 6. The minimum absolute atomic E-state index is 0.00930. The Morgan fingerprint density at radius 2 is 1.96 bits per heavy atom. The molecule has 0 aliphatic heterocycles. The number of ketones is 1. The van der Waals surface area contributed by atoms with E-state index in [1.807, 2.05) is 34.6 Å². The molecule has 8 nitrogen and oxygen atoms in total. The molecule has 2 aromatic rings. The lowest BCUT2D eigenvalue weighted by Gasteiger charge is -2.22. The van der Waals surface area contributed by atoms with Gasteiger partial charge in [-0.15, -0.1) is 0 Å². The van der Waals surface area contributed by atoms with Crippen LogP contribution < -0.4 is 0 Å². The average molecular weight is 375 g/mol. The van der Waals surface area contributed by atoms with Crippen molar-refractivity contribution < 1.29 is 14.1 Å². The lowest BCUT2D eigenvalue weighted by molar-refractivity contribution is -0.132. The van der Waals surface area contributed by atoms with Gasteiger partial charge in [-0.3, -0.25) is 14.3 Å². The van der Waals surface area contributed by atoms with Crippen molar-refractivity contribution in [2.75, 3.05) is 6.54 Å². The van der Waals surface area contributed by atoms with Gasteiger partial charge in [0.15, 0.2) is 11.6 Å². The standard InChI is InChI=1S/C19H29N5O3/c1-7-9-17-20-16(22-27-17)11-23(8-2)18(26)10-12(3)24-14(5)19(15(6)25)13(4)21-24/h12H,7-11H2,1-6H3/t12-/m1/s1. The fourth-order valence-corrected chi connectivity index (χ4v) is 3.29. The SMILES string of the molecule is CCCc1nc(CN(CC)C(=O)C[C@@H](C)n2nc(C)c(C(C)=O)c2C)no1. The molecule has 0 radical (unpaired) electrons. The Hall–Kier alpha value is -2.51. The van der Waals surface area contributed by atoms with Crippen molar-refractivity contribution in [3.63, 3.8) is 0 Å². The molecule has 1 amide bonds. The van der Waals surface area contributed by atoms with Crippen molar-refractivity contribution in [2.24, 2.45) is 0 Å². The zero-order valence-electron chi connectivity index (χ0n) is 17.1. The number of hydrogen-bond donors (Lipinski definition) is 0. The number of nitrogens with zero attached hydrogens (tertiary/aromatic N) is 5. The van der Waals surface area contributed by atoms with Crippen LogP contribution in [-0.4, -0.2) is 43.1 Å². The molecule has 8 heteroatoms. The van der Waals surface area contributed by atoms with Crippen LogP contribution in [-0.2, 0) is 17.8 Å². The molecule has 0 aliphatic carbocycles. The highest BCUT2D eigenvalue weighted by atomic mass is 16.5. The molecule has 0 aliphatic rings. The van der Waals surface area contributed by atoms with Gasteiger partial charge in [-0.1, -0.05) is 12.1 Å². The number of aryl methyl sites for hydroxylation is 2. The average Bonchev–Trinajstić information content (AvgIpc) is 3.16. The third kappa shape index (κ3) is 4.81. The molecule has 2 aromatic heterocycles. The second-order valence-electron chi connectivity index (χ2n) is 6.86. The Labute approximate surface area is 159 Å². The second kappa shape index (κ2) is 8.92. The van der Waals surface area contributed by atoms with Crippen LogP contribution in [0.5, 0.6) is 0 Å². The van der Waals surface area contributed by atoms with Crippen molar-refractivity contribution in [2.45, 2.75) is 73.4 Å². The van der Waals surface area contributed by atoms with Crippen LogP contribution in [0.3, 0.4) is 0 Å². The largest absolute Gasteiger partial charge is 0.339 e. The van der Waals surface area contributed by atoms with Gasteiger partial charge in [0, 0.05) is 25.1 Å². The summed E-state index contributed by atoms with van der Waals surface area (Å²) in [6.45, 7) is 12.0. The highest BCUT2D eigenvalue weighted by molar-refractivity contribution is 5.96. The normalized spacial score (nSPS) is 12.2. The summed E-state index contributed by atoms with van der Waals surface area (Å²) < 4.78 is 6.96. The van der Waals surface area contributed by atoms with E-state index in [9.17, 15) is 9.59 Å². The molecule has 2 heterocycles. The van der Waals surface area contributed by atoms with Gasteiger partial charge in [-0.05, 0) is 41.0 Å². The first-order chi connectivity index (χ1) is 12.8. The fraction of sp³-hybridized carbons (Fsp3) is 0.632. The lowest BCUT2D eigenvalue weighted by Crippen LogP contribution is -2.32. The molecule has 1 atom stereocenters. The van der Waals surface area contributed by atoms with Crippen molar-refractivity contribution in [3.8, 4) is 0 Å². The maximum absolute atomic E-state index is 12.8. The second-order valence-corrected chi connectivity index (χ2v) is 6.86. The molecule has 0 saturated heterocycles. The molecule has 2 rings (SSSR count). The van der Waals surface area contributed by atoms with Gasteiger partial charge >= 0.3 is 0 Å². The van der Waals surface area contributed by atoms with Gasteiger partial charge in [0.05, 0.1) is 23.8 Å². The first-order valence-electron chi connectivity index (χ1n) is 9.44. The minimum atomic E-state index is -0.153. The summed E-state index contributed by atoms with van der Waals surface area (Å²) in [5.41, 5.74) is 2.13. The predicted molar refractivity (Wildman–Crippen MR) is 100 cm³/mol. The van der Waals surface area contributed by atoms with E-state index in [-0.39, 0.29) is 24.2 Å². The van der Waals surface area contributed by atoms with Crippen LogP contribution in [0.15, 0.2) is 4.52 Å². The molecule has 0 fully saturated rings. The summed E-state index contributed by atoms with van der Waals surface area (Å²) in [5.74, 6) is 1.10. The highest BCUT2D eigenvalue weighted by Crippen LogP contribution is 2.21. The molecule has 0 bridgehead atoms. The third-order valence-electron chi connectivity index (χ3n) is 4.61. The molecular formula is C19H29N5O3. The first kappa shape index (κ1) is 20.8. The van der Waals surface area contributed by atoms with E-state index in [2.05, 4.69) is 15.2 Å². The van der Waals surface area contributed by atoms with Crippen LogP contribution >= 0.6 is 0 Å². The third-order valence-corrected chi connectivity index (χ3v) is 4.61. The smallest absolute Gasteiger partial charge is 0.226 e. The Morgan fingerprint density at radius 1 is 1.26 bits per heavy atom. The predicted octanol–water partition coefficient (Wildman–Crippen LogP) is 3.04. The molecule has 148 valence electrons. The number of carbonyl (C=O) groups excluding carboxylic acids is 2. The number of Topliss-reactive ketones (excluding diaryl/α,β-unsaturated/α-hetero) is 1. The monoisotopic (exact) mass is 375 g/mol. The number of carbonyl (C=O) groups is 2. The van der Waals surface area contributed by atoms with Gasteiger partial charge < -0.3 is 9.42 Å². The van der Waals surface area contributed by atoms with Crippen LogP contribution in [0.25, 0.3) is 0 Å². The molecule has 0 aromatic carbocycles.